The second-order valence-corrected chi connectivity index (χ2v) is 21.6. The molecule has 0 spiro atoms. The van der Waals surface area contributed by atoms with Gasteiger partial charge in [-0.15, -0.1) is 0 Å². The van der Waals surface area contributed by atoms with E-state index >= 15 is 0 Å². The Hall–Kier alpha value is -3.59. The lowest BCUT2D eigenvalue weighted by Gasteiger charge is -2.27. The van der Waals surface area contributed by atoms with Crippen molar-refractivity contribution in [3.05, 3.63) is 122 Å². The molecule has 3 unspecified atom stereocenters. The zero-order valence-corrected chi connectivity index (χ0v) is 48.2. The van der Waals surface area contributed by atoms with Crippen molar-refractivity contribution in [2.45, 2.75) is 226 Å². The van der Waals surface area contributed by atoms with Gasteiger partial charge >= 0.3 is 13.8 Å². The molecule has 416 valence electrons. The van der Waals surface area contributed by atoms with Gasteiger partial charge in [-0.1, -0.05) is 220 Å². The minimum absolute atomic E-state index is 0.0225. The van der Waals surface area contributed by atoms with Crippen LogP contribution in [0.5, 0.6) is 0 Å². The Bertz CT molecular complexity index is 1660. The van der Waals surface area contributed by atoms with Crippen LogP contribution in [0, 0.1) is 0 Å². The first kappa shape index (κ1) is 69.4. The van der Waals surface area contributed by atoms with Crippen molar-refractivity contribution in [2.24, 2.45) is 0 Å². The van der Waals surface area contributed by atoms with Crippen LogP contribution in [0.15, 0.2) is 122 Å². The fourth-order valence-electron chi connectivity index (χ4n) is 7.53. The number of nitrogens with one attached hydrogen (secondary N) is 1. The zero-order chi connectivity index (χ0) is 53.6. The van der Waals surface area contributed by atoms with Gasteiger partial charge in [-0.25, -0.2) is 4.57 Å². The normalized spacial score (nSPS) is 14.7. The number of phosphoric ester groups is 1. The topological polar surface area (TPSA) is 111 Å². The first-order valence-corrected chi connectivity index (χ1v) is 30.4. The SMILES string of the molecule is CC/C=C\C/C=C\C/C=C\C/C=C\C/C=C\C/C=C\CCCCC(=O)NC(COP(=O)(O)OCC[N+](C)(C)C)C(/C=C\CCCCCCCCCCC)OC(=O)CCCCCCCCC/C=C/C=C/C=C/CC. The number of esters is 1. The maximum atomic E-state index is 13.5. The van der Waals surface area contributed by atoms with Crippen LogP contribution in [0.4, 0.5) is 0 Å². The fraction of sp³-hybridized carbons (Fsp3) is 0.651. The molecule has 0 aromatic rings. The highest BCUT2D eigenvalue weighted by Gasteiger charge is 2.30. The number of ether oxygens (including phenoxy) is 1. The smallest absolute Gasteiger partial charge is 0.456 e. The van der Waals surface area contributed by atoms with E-state index in [1.54, 1.807) is 0 Å². The average Bonchev–Trinajstić information content (AvgIpc) is 3.35. The second-order valence-electron chi connectivity index (χ2n) is 20.1. The van der Waals surface area contributed by atoms with Crippen molar-refractivity contribution < 1.29 is 37.3 Å². The van der Waals surface area contributed by atoms with Gasteiger partial charge in [0.1, 0.15) is 19.3 Å². The summed E-state index contributed by atoms with van der Waals surface area (Å²) in [5, 5.41) is 3.02. The lowest BCUT2D eigenvalue weighted by atomic mass is 10.1. The predicted molar refractivity (Wildman–Crippen MR) is 313 cm³/mol. The Labute approximate surface area is 448 Å². The summed E-state index contributed by atoms with van der Waals surface area (Å²) >= 11 is 0. The molecule has 9 nitrogen and oxygen atoms in total. The number of hydrogen-bond acceptors (Lipinski definition) is 6. The number of allylic oxidation sites excluding steroid dienone is 19. The van der Waals surface area contributed by atoms with Crippen molar-refractivity contribution in [3.8, 4) is 0 Å². The Balaban J connectivity index is 5.39. The molecule has 0 heterocycles. The Morgan fingerprint density at radius 3 is 1.48 bits per heavy atom. The molecule has 1 amide bonds. The highest BCUT2D eigenvalue weighted by molar-refractivity contribution is 7.47. The van der Waals surface area contributed by atoms with Gasteiger partial charge in [0.25, 0.3) is 0 Å². The van der Waals surface area contributed by atoms with Gasteiger partial charge in [0.2, 0.25) is 5.91 Å². The van der Waals surface area contributed by atoms with E-state index in [1.165, 1.54) is 64.2 Å². The molecule has 0 bridgehead atoms. The second kappa shape index (κ2) is 51.9. The zero-order valence-electron chi connectivity index (χ0n) is 47.3. The number of hydrogen-bond donors (Lipinski definition) is 2. The molecule has 0 fully saturated rings. The minimum Gasteiger partial charge on any atom is -0.456 e. The number of nitrogens with zero attached hydrogens (tertiary/aromatic N) is 1. The van der Waals surface area contributed by atoms with Gasteiger partial charge in [0, 0.05) is 12.8 Å². The maximum absolute atomic E-state index is 13.5. The predicted octanol–water partition coefficient (Wildman–Crippen LogP) is 17.5. The van der Waals surface area contributed by atoms with Crippen molar-refractivity contribution in [3.63, 3.8) is 0 Å². The summed E-state index contributed by atoms with van der Waals surface area (Å²) in [6.45, 7) is 6.69. The lowest BCUT2D eigenvalue weighted by molar-refractivity contribution is -0.870. The van der Waals surface area contributed by atoms with E-state index in [9.17, 15) is 19.0 Å². The van der Waals surface area contributed by atoms with E-state index in [4.69, 9.17) is 13.8 Å². The first-order chi connectivity index (χ1) is 35.4. The quantitative estimate of drug-likeness (QED) is 0.0156. The number of carbonyl (C=O) groups is 2. The molecule has 0 saturated carbocycles. The van der Waals surface area contributed by atoms with E-state index in [0.29, 0.717) is 23.9 Å². The molecule has 0 radical (unpaired) electrons. The van der Waals surface area contributed by atoms with E-state index < -0.39 is 20.0 Å². The lowest BCUT2D eigenvalue weighted by Crippen LogP contribution is -2.47. The molecule has 3 atom stereocenters. The van der Waals surface area contributed by atoms with Crippen LogP contribution >= 0.6 is 7.82 Å². The molecule has 0 aliphatic heterocycles. The van der Waals surface area contributed by atoms with Crippen LogP contribution in [-0.4, -0.2) is 74.3 Å². The largest absolute Gasteiger partial charge is 0.472 e. The molecule has 0 aromatic heterocycles. The summed E-state index contributed by atoms with van der Waals surface area (Å²) in [4.78, 5) is 37.6. The van der Waals surface area contributed by atoms with Crippen molar-refractivity contribution in [1.29, 1.82) is 0 Å². The number of amides is 1. The number of carbonyl (C=O) groups excluding carboxylic acids is 2. The van der Waals surface area contributed by atoms with Gasteiger partial charge in [0.05, 0.1) is 33.8 Å². The van der Waals surface area contributed by atoms with Crippen LogP contribution in [0.1, 0.15) is 213 Å². The van der Waals surface area contributed by atoms with Gasteiger partial charge in [-0.2, -0.15) is 0 Å². The Morgan fingerprint density at radius 2 is 0.945 bits per heavy atom. The standard InChI is InChI=1S/C63H107N2O7P/c1-7-10-13-16-19-22-25-27-29-30-31-32-33-34-36-37-40-43-46-49-52-55-62(66)64-60(59-71-73(68,69)70-58-57-65(4,5)6)61(54-51-48-45-42-39-24-21-18-15-12-9-3)72-63(67)56-53-50-47-44-41-38-35-28-26-23-20-17-14-11-8-2/h10-11,13-14,17,19-20,22-23,26-27,29,31-32,34,36,40,43,51,54,60-61H,7-9,12,15-16,18,21,24-25,28,30,33,35,37-39,41-42,44-50,52-53,55-59H2,1-6H3,(H-,64,66,68,69)/p+1/b13-10-,14-11+,20-17+,22-19-,26-23+,29-27-,32-31-,36-34-,43-40-,54-51-. The van der Waals surface area contributed by atoms with Gasteiger partial charge in [0.15, 0.2) is 0 Å². The van der Waals surface area contributed by atoms with E-state index in [-0.39, 0.29) is 37.9 Å². The highest BCUT2D eigenvalue weighted by Crippen LogP contribution is 2.43. The van der Waals surface area contributed by atoms with E-state index in [1.807, 2.05) is 33.3 Å². The number of quaternary nitrogens is 1. The third kappa shape index (κ3) is 53.1. The first-order valence-electron chi connectivity index (χ1n) is 28.9. The molecule has 0 rings (SSSR count). The molecule has 0 aliphatic carbocycles. The summed E-state index contributed by atoms with van der Waals surface area (Å²) in [6, 6.07) is -0.884. The third-order valence-corrected chi connectivity index (χ3v) is 12.9. The molecule has 73 heavy (non-hydrogen) atoms. The molecular formula is C63H108N2O7P+. The van der Waals surface area contributed by atoms with Gasteiger partial charge < -0.3 is 19.4 Å². The van der Waals surface area contributed by atoms with E-state index in [0.717, 1.165) is 103 Å². The fourth-order valence-corrected chi connectivity index (χ4v) is 8.27. The van der Waals surface area contributed by atoms with Gasteiger partial charge in [-0.05, 0) is 102 Å². The van der Waals surface area contributed by atoms with Crippen molar-refractivity contribution >= 4 is 19.7 Å². The van der Waals surface area contributed by atoms with Crippen LogP contribution in [-0.2, 0) is 27.9 Å². The Kier molecular flexibility index (Phi) is 49.3. The average molecular weight is 1040 g/mol. The van der Waals surface area contributed by atoms with Crippen LogP contribution < -0.4 is 5.32 Å². The maximum Gasteiger partial charge on any atom is 0.472 e. The van der Waals surface area contributed by atoms with E-state index in [2.05, 4.69) is 135 Å². The number of likely N-dealkylation sites (N-methyl/N-ethyl adjacent to an activating group) is 1. The molecular weight excluding hydrogens is 928 g/mol. The molecule has 0 aliphatic rings. The van der Waals surface area contributed by atoms with Crippen LogP contribution in [0.2, 0.25) is 0 Å². The van der Waals surface area contributed by atoms with Crippen molar-refractivity contribution in [2.75, 3.05) is 40.9 Å². The number of phosphoric acid groups is 1. The van der Waals surface area contributed by atoms with Crippen LogP contribution in [0.3, 0.4) is 0 Å². The Morgan fingerprint density at radius 1 is 0.507 bits per heavy atom. The minimum atomic E-state index is -4.47. The number of unbranched alkanes of at least 4 members (excludes halogenated alkanes) is 18. The number of rotatable bonds is 50. The monoisotopic (exact) mass is 1040 g/mol. The summed E-state index contributed by atoms with van der Waals surface area (Å²) in [5.74, 6) is -0.582. The van der Waals surface area contributed by atoms with Gasteiger partial charge in [-0.3, -0.25) is 18.6 Å². The summed E-state index contributed by atoms with van der Waals surface area (Å²) in [5.41, 5.74) is 0. The molecule has 2 N–H and O–H groups in total. The van der Waals surface area contributed by atoms with Crippen molar-refractivity contribution in [1.82, 2.24) is 5.32 Å². The third-order valence-electron chi connectivity index (χ3n) is 12.0. The summed E-state index contributed by atoms with van der Waals surface area (Å²) in [7, 11) is 1.44. The summed E-state index contributed by atoms with van der Waals surface area (Å²) < 4.78 is 30.6. The highest BCUT2D eigenvalue weighted by atomic mass is 31.2. The molecule has 10 heteroatoms. The molecule has 0 saturated heterocycles. The van der Waals surface area contributed by atoms with Crippen LogP contribution in [0.25, 0.3) is 0 Å². The summed E-state index contributed by atoms with van der Waals surface area (Å²) in [6.07, 6.45) is 72.0. The molecule has 0 aromatic carbocycles.